The molecule has 27 heavy (non-hydrogen) atoms. The van der Waals surface area contributed by atoms with Crippen molar-refractivity contribution in [1.82, 2.24) is 0 Å². The highest BCUT2D eigenvalue weighted by molar-refractivity contribution is 7.89. The van der Waals surface area contributed by atoms with Crippen molar-refractivity contribution in [2.75, 3.05) is 17.7 Å². The molecule has 0 aliphatic carbocycles. The number of carbonyl (C=O) groups is 2. The molecule has 1 unspecified atom stereocenters. The first kappa shape index (κ1) is 19.1. The smallest absolute Gasteiger partial charge is 0.338 e. The van der Waals surface area contributed by atoms with Crippen LogP contribution in [-0.2, 0) is 31.5 Å². The normalized spacial score (nSPS) is 14.5. The first-order valence-corrected chi connectivity index (χ1v) is 10.7. The Kier molecular flexibility index (Phi) is 5.32. The van der Waals surface area contributed by atoms with E-state index in [2.05, 4.69) is 0 Å². The number of nitrogens with zero attached hydrogens (tertiary/aromatic N) is 1. The molecule has 0 fully saturated rings. The van der Waals surface area contributed by atoms with Crippen LogP contribution in [0.3, 0.4) is 0 Å². The minimum Gasteiger partial charge on any atom is -0.449 e. The number of esters is 1. The number of sulfone groups is 1. The summed E-state index contributed by atoms with van der Waals surface area (Å²) in [4.78, 5) is 26.6. The van der Waals surface area contributed by atoms with E-state index in [0.717, 1.165) is 23.9 Å². The van der Waals surface area contributed by atoms with E-state index in [1.165, 1.54) is 12.1 Å². The van der Waals surface area contributed by atoms with Gasteiger partial charge in [-0.3, -0.25) is 4.79 Å². The van der Waals surface area contributed by atoms with Crippen molar-refractivity contribution < 1.29 is 22.7 Å². The number of hydrogen-bond acceptors (Lipinski definition) is 5. The van der Waals surface area contributed by atoms with Crippen molar-refractivity contribution in [1.29, 1.82) is 0 Å². The van der Waals surface area contributed by atoms with E-state index >= 15 is 0 Å². The molecular formula is C20H21NO5S. The molecule has 1 atom stereocenters. The maximum atomic E-state index is 12.7. The highest BCUT2D eigenvalue weighted by atomic mass is 32.2. The van der Waals surface area contributed by atoms with E-state index in [9.17, 15) is 18.0 Å². The summed E-state index contributed by atoms with van der Waals surface area (Å²) in [5, 5.41) is 0. The van der Waals surface area contributed by atoms with E-state index in [4.69, 9.17) is 4.74 Å². The van der Waals surface area contributed by atoms with Gasteiger partial charge in [0.1, 0.15) is 0 Å². The summed E-state index contributed by atoms with van der Waals surface area (Å²) in [6.07, 6.45) is 1.02. The van der Waals surface area contributed by atoms with Crippen molar-refractivity contribution in [3.8, 4) is 0 Å². The molecule has 0 N–H and O–H groups in total. The number of amides is 1. The van der Waals surface area contributed by atoms with Crippen LogP contribution < -0.4 is 4.90 Å². The lowest BCUT2D eigenvalue weighted by Gasteiger charge is -2.21. The minimum absolute atomic E-state index is 0.0917. The van der Waals surface area contributed by atoms with Gasteiger partial charge in [0.25, 0.3) is 5.91 Å². The Balaban J connectivity index is 1.65. The second-order valence-electron chi connectivity index (χ2n) is 6.68. The second kappa shape index (κ2) is 7.52. The van der Waals surface area contributed by atoms with E-state index < -0.39 is 21.9 Å². The van der Waals surface area contributed by atoms with Gasteiger partial charge in [-0.05, 0) is 42.7 Å². The quantitative estimate of drug-likeness (QED) is 0.736. The fraction of sp³-hybridized carbons (Fsp3) is 0.300. The van der Waals surface area contributed by atoms with Gasteiger partial charge in [0.2, 0.25) is 0 Å². The maximum Gasteiger partial charge on any atom is 0.338 e. The Hall–Kier alpha value is -2.67. The number of ether oxygens (including phenoxy) is 1. The lowest BCUT2D eigenvalue weighted by molar-refractivity contribution is -0.126. The van der Waals surface area contributed by atoms with Gasteiger partial charge in [-0.2, -0.15) is 0 Å². The second-order valence-corrected chi connectivity index (χ2v) is 8.82. The van der Waals surface area contributed by atoms with Gasteiger partial charge in [-0.25, -0.2) is 13.2 Å². The molecule has 1 amide bonds. The molecule has 1 heterocycles. The molecule has 3 rings (SSSR count). The average molecular weight is 387 g/mol. The van der Waals surface area contributed by atoms with Crippen LogP contribution in [0.25, 0.3) is 0 Å². The number of benzene rings is 2. The molecule has 0 bridgehead atoms. The van der Waals surface area contributed by atoms with Gasteiger partial charge < -0.3 is 9.64 Å². The summed E-state index contributed by atoms with van der Waals surface area (Å²) in [5.74, 6) is -0.970. The van der Waals surface area contributed by atoms with Crippen LogP contribution in [0.5, 0.6) is 0 Å². The summed E-state index contributed by atoms with van der Waals surface area (Å²) in [6, 6.07) is 13.8. The Bertz CT molecular complexity index is 966. The topological polar surface area (TPSA) is 80.8 Å². The largest absolute Gasteiger partial charge is 0.449 e. The molecule has 0 saturated heterocycles. The van der Waals surface area contributed by atoms with Crippen molar-refractivity contribution in [2.45, 2.75) is 25.2 Å². The standard InChI is InChI=1S/C20H21NO5S/c1-14(19(22)21-12-11-16-5-3-4-6-18(16)21)26-20(23)17-9-7-15(8-10-17)13-27(2,24)25/h3-10,14H,11-13H2,1-2H3. The van der Waals surface area contributed by atoms with Crippen molar-refractivity contribution in [3.05, 3.63) is 65.2 Å². The summed E-state index contributed by atoms with van der Waals surface area (Å²) >= 11 is 0. The van der Waals surface area contributed by atoms with Gasteiger partial charge in [0.05, 0.1) is 11.3 Å². The highest BCUT2D eigenvalue weighted by Crippen LogP contribution is 2.28. The van der Waals surface area contributed by atoms with Crippen LogP contribution in [0, 0.1) is 0 Å². The number of carbonyl (C=O) groups excluding carboxylic acids is 2. The summed E-state index contributed by atoms with van der Waals surface area (Å²) in [5.41, 5.74) is 2.82. The van der Waals surface area contributed by atoms with Crippen molar-refractivity contribution in [2.24, 2.45) is 0 Å². The Labute approximate surface area is 158 Å². The van der Waals surface area contributed by atoms with Crippen LogP contribution in [0.15, 0.2) is 48.5 Å². The fourth-order valence-corrected chi connectivity index (χ4v) is 3.90. The third kappa shape index (κ3) is 4.54. The molecular weight excluding hydrogens is 366 g/mol. The molecule has 0 radical (unpaired) electrons. The lowest BCUT2D eigenvalue weighted by Crippen LogP contribution is -2.39. The third-order valence-corrected chi connectivity index (χ3v) is 5.26. The molecule has 0 saturated carbocycles. The number of hydrogen-bond donors (Lipinski definition) is 0. The SMILES string of the molecule is CC(OC(=O)c1ccc(CS(C)(=O)=O)cc1)C(=O)N1CCc2ccccc21. The van der Waals surface area contributed by atoms with Crippen molar-refractivity contribution >= 4 is 27.4 Å². The zero-order chi connectivity index (χ0) is 19.6. The molecule has 0 aromatic heterocycles. The van der Waals surface area contributed by atoms with Crippen LogP contribution in [0.1, 0.15) is 28.4 Å². The Morgan fingerprint density at radius 1 is 1.11 bits per heavy atom. The Morgan fingerprint density at radius 2 is 1.78 bits per heavy atom. The first-order valence-electron chi connectivity index (χ1n) is 8.61. The van der Waals surface area contributed by atoms with Crippen LogP contribution in [-0.4, -0.2) is 39.2 Å². The first-order chi connectivity index (χ1) is 12.7. The molecule has 1 aliphatic heterocycles. The van der Waals surface area contributed by atoms with Crippen LogP contribution >= 0.6 is 0 Å². The number of rotatable bonds is 5. The van der Waals surface area contributed by atoms with E-state index in [-0.39, 0.29) is 17.2 Å². The number of para-hydroxylation sites is 1. The lowest BCUT2D eigenvalue weighted by atomic mass is 10.1. The molecule has 7 heteroatoms. The maximum absolute atomic E-state index is 12.7. The molecule has 2 aromatic rings. The fourth-order valence-electron chi connectivity index (χ4n) is 3.11. The van der Waals surface area contributed by atoms with Gasteiger partial charge in [-0.1, -0.05) is 30.3 Å². The molecule has 0 spiro atoms. The zero-order valence-electron chi connectivity index (χ0n) is 15.2. The van der Waals surface area contributed by atoms with E-state index in [0.29, 0.717) is 12.1 Å². The zero-order valence-corrected chi connectivity index (χ0v) is 16.0. The van der Waals surface area contributed by atoms with E-state index in [1.807, 2.05) is 24.3 Å². The van der Waals surface area contributed by atoms with E-state index in [1.54, 1.807) is 24.0 Å². The van der Waals surface area contributed by atoms with Crippen LogP contribution in [0.4, 0.5) is 5.69 Å². The summed E-state index contributed by atoms with van der Waals surface area (Å²) in [7, 11) is -3.14. The predicted octanol–water partition coefficient (Wildman–Crippen LogP) is 2.37. The van der Waals surface area contributed by atoms with Gasteiger partial charge in [0, 0.05) is 18.5 Å². The third-order valence-electron chi connectivity index (χ3n) is 4.40. The monoisotopic (exact) mass is 387 g/mol. The molecule has 2 aromatic carbocycles. The van der Waals surface area contributed by atoms with Gasteiger partial charge >= 0.3 is 5.97 Å². The van der Waals surface area contributed by atoms with Gasteiger partial charge in [-0.15, -0.1) is 0 Å². The minimum atomic E-state index is -3.14. The van der Waals surface area contributed by atoms with Crippen molar-refractivity contribution in [3.63, 3.8) is 0 Å². The van der Waals surface area contributed by atoms with Crippen LogP contribution in [0.2, 0.25) is 0 Å². The molecule has 6 nitrogen and oxygen atoms in total. The predicted molar refractivity (Wildman–Crippen MR) is 102 cm³/mol. The average Bonchev–Trinajstić information content (AvgIpc) is 3.04. The summed E-state index contributed by atoms with van der Waals surface area (Å²) in [6.45, 7) is 2.12. The Morgan fingerprint density at radius 3 is 2.44 bits per heavy atom. The highest BCUT2D eigenvalue weighted by Gasteiger charge is 2.29. The molecule has 1 aliphatic rings. The number of fused-ring (bicyclic) bond motifs is 1. The molecule has 142 valence electrons. The number of anilines is 1. The summed E-state index contributed by atoms with van der Waals surface area (Å²) < 4.78 is 28.0. The van der Waals surface area contributed by atoms with Gasteiger partial charge in [0.15, 0.2) is 15.9 Å².